The summed E-state index contributed by atoms with van der Waals surface area (Å²) < 4.78 is 32.1. The second-order valence-corrected chi connectivity index (χ2v) is 11.0. The molecule has 0 aliphatic heterocycles. The van der Waals surface area contributed by atoms with Crippen molar-refractivity contribution in [2.45, 2.75) is 57.1 Å². The number of benzene rings is 1. The minimum atomic E-state index is -3.96. The highest BCUT2D eigenvalue weighted by Gasteiger charge is 2.37. The van der Waals surface area contributed by atoms with Gasteiger partial charge in [0.25, 0.3) is 0 Å². The molecule has 2 aromatic heterocycles. The van der Waals surface area contributed by atoms with Crippen molar-refractivity contribution in [3.05, 3.63) is 71.4 Å². The Kier molecular flexibility index (Phi) is 7.71. The monoisotopic (exact) mass is 530 g/mol. The zero-order chi connectivity index (χ0) is 26.8. The maximum atomic E-state index is 13.3. The Hall–Kier alpha value is -3.23. The zero-order valence-electron chi connectivity index (χ0n) is 20.7. The lowest BCUT2D eigenvalue weighted by Gasteiger charge is -2.18. The fraction of sp³-hybridized carbons (Fsp3) is 0.417. The van der Waals surface area contributed by atoms with Crippen molar-refractivity contribution < 1.29 is 27.6 Å². The molecule has 0 unspecified atom stereocenters. The number of ketones is 1. The van der Waals surface area contributed by atoms with Crippen molar-refractivity contribution in [2.24, 2.45) is 0 Å². The molecular weight excluding hydrogens is 500 g/mol. The lowest BCUT2D eigenvalue weighted by molar-refractivity contribution is 0.0636. The van der Waals surface area contributed by atoms with Crippen molar-refractivity contribution in [2.75, 3.05) is 12.4 Å². The van der Waals surface area contributed by atoms with E-state index in [-0.39, 0.29) is 36.0 Å². The van der Waals surface area contributed by atoms with Gasteiger partial charge in [0.15, 0.2) is 0 Å². The van der Waals surface area contributed by atoms with E-state index in [0.717, 1.165) is 11.1 Å². The SMILES string of the molecule is CNS(=O)(=O)O[C@@H]1C[C@H](Nc2ncncc2C(=O)c2ccn(Cc3cccc(C(C)(C)O)c3)n2)C[C@@H]1O. The lowest BCUT2D eigenvalue weighted by Crippen LogP contribution is -2.31. The van der Waals surface area contributed by atoms with Gasteiger partial charge in [-0.3, -0.25) is 13.7 Å². The molecule has 0 saturated heterocycles. The van der Waals surface area contributed by atoms with Gasteiger partial charge in [0, 0.05) is 25.5 Å². The number of hydrogen-bond donors (Lipinski definition) is 4. The molecule has 0 radical (unpaired) electrons. The van der Waals surface area contributed by atoms with Crippen molar-refractivity contribution in [3.63, 3.8) is 0 Å². The summed E-state index contributed by atoms with van der Waals surface area (Å²) in [7, 11) is -2.74. The van der Waals surface area contributed by atoms with Crippen molar-refractivity contribution >= 4 is 21.9 Å². The number of aromatic nitrogens is 4. The smallest absolute Gasteiger partial charge is 0.335 e. The molecule has 3 aromatic rings. The number of nitrogens with one attached hydrogen (secondary N) is 2. The molecule has 0 bridgehead atoms. The van der Waals surface area contributed by atoms with Gasteiger partial charge in [-0.2, -0.15) is 18.2 Å². The van der Waals surface area contributed by atoms with Crippen LogP contribution in [0.3, 0.4) is 0 Å². The number of anilines is 1. The van der Waals surface area contributed by atoms with Gasteiger partial charge >= 0.3 is 10.3 Å². The first kappa shape index (κ1) is 26.8. The molecular formula is C24H30N6O6S. The van der Waals surface area contributed by atoms with Crippen LogP contribution in [0.15, 0.2) is 49.1 Å². The maximum absolute atomic E-state index is 13.3. The number of aliphatic hydroxyl groups excluding tert-OH is 1. The second kappa shape index (κ2) is 10.6. The number of aliphatic hydroxyl groups is 2. The summed E-state index contributed by atoms with van der Waals surface area (Å²) in [6.07, 6.45) is 2.83. The maximum Gasteiger partial charge on any atom is 0.335 e. The summed E-state index contributed by atoms with van der Waals surface area (Å²) in [5.41, 5.74) is 1.12. The lowest BCUT2D eigenvalue weighted by atomic mass is 9.97. The third-order valence-corrected chi connectivity index (χ3v) is 7.12. The van der Waals surface area contributed by atoms with Gasteiger partial charge in [-0.1, -0.05) is 24.3 Å². The molecule has 0 amide bonds. The zero-order valence-corrected chi connectivity index (χ0v) is 21.5. The summed E-state index contributed by atoms with van der Waals surface area (Å²) in [6, 6.07) is 8.74. The summed E-state index contributed by atoms with van der Waals surface area (Å²) in [4.78, 5) is 21.4. The molecule has 1 aromatic carbocycles. The van der Waals surface area contributed by atoms with E-state index in [1.54, 1.807) is 30.8 Å². The third-order valence-electron chi connectivity index (χ3n) is 6.12. The fourth-order valence-electron chi connectivity index (χ4n) is 4.16. The van der Waals surface area contributed by atoms with E-state index in [0.29, 0.717) is 6.54 Å². The Bertz CT molecular complexity index is 1370. The third kappa shape index (κ3) is 6.56. The van der Waals surface area contributed by atoms with Gasteiger partial charge in [-0.25, -0.2) is 9.97 Å². The Morgan fingerprint density at radius 3 is 2.78 bits per heavy atom. The van der Waals surface area contributed by atoms with E-state index in [1.165, 1.54) is 19.6 Å². The number of rotatable bonds is 10. The van der Waals surface area contributed by atoms with Gasteiger partial charge in [0.2, 0.25) is 5.78 Å². The molecule has 3 atom stereocenters. The van der Waals surface area contributed by atoms with Crippen LogP contribution in [-0.4, -0.2) is 69.5 Å². The van der Waals surface area contributed by atoms with Gasteiger partial charge in [0.1, 0.15) is 23.9 Å². The molecule has 0 spiro atoms. The van der Waals surface area contributed by atoms with Crippen LogP contribution in [-0.2, 0) is 26.6 Å². The van der Waals surface area contributed by atoms with Crippen LogP contribution < -0.4 is 10.0 Å². The Morgan fingerprint density at radius 2 is 2.05 bits per heavy atom. The molecule has 1 aliphatic rings. The predicted octanol–water partition coefficient (Wildman–Crippen LogP) is 0.964. The Balaban J connectivity index is 1.46. The van der Waals surface area contributed by atoms with E-state index in [9.17, 15) is 23.4 Å². The Morgan fingerprint density at radius 1 is 1.27 bits per heavy atom. The van der Waals surface area contributed by atoms with Crippen molar-refractivity contribution in [1.29, 1.82) is 0 Å². The van der Waals surface area contributed by atoms with Crippen LogP contribution >= 0.6 is 0 Å². The Labute approximate surface area is 215 Å². The van der Waals surface area contributed by atoms with Crippen LogP contribution in [0.2, 0.25) is 0 Å². The molecule has 198 valence electrons. The number of hydrogen-bond acceptors (Lipinski definition) is 10. The van der Waals surface area contributed by atoms with E-state index in [4.69, 9.17) is 4.18 Å². The van der Waals surface area contributed by atoms with Crippen LogP contribution in [0, 0.1) is 0 Å². The first-order chi connectivity index (χ1) is 17.4. The van der Waals surface area contributed by atoms with Gasteiger partial charge in [-0.15, -0.1) is 0 Å². The van der Waals surface area contributed by atoms with E-state index in [1.807, 2.05) is 24.3 Å². The summed E-state index contributed by atoms with van der Waals surface area (Å²) in [5.74, 6) is -0.141. The predicted molar refractivity (Wildman–Crippen MR) is 134 cm³/mol. The molecule has 4 rings (SSSR count). The van der Waals surface area contributed by atoms with Crippen molar-refractivity contribution in [1.82, 2.24) is 24.5 Å². The molecule has 4 N–H and O–H groups in total. The van der Waals surface area contributed by atoms with Gasteiger partial charge in [0.05, 0.1) is 23.8 Å². The molecule has 1 fully saturated rings. The molecule has 13 heteroatoms. The fourth-order valence-corrected chi connectivity index (χ4v) is 4.79. The summed E-state index contributed by atoms with van der Waals surface area (Å²) in [5, 5.41) is 28.0. The molecule has 1 aliphatic carbocycles. The summed E-state index contributed by atoms with van der Waals surface area (Å²) >= 11 is 0. The van der Waals surface area contributed by atoms with Crippen LogP contribution in [0.4, 0.5) is 5.82 Å². The largest absolute Gasteiger partial charge is 0.390 e. The second-order valence-electron chi connectivity index (χ2n) is 9.45. The standard InChI is InChI=1S/C24H30N6O6S/c1-24(2,33)16-6-4-5-15(9-16)13-30-8-7-19(29-30)22(32)18-12-26-14-27-23(18)28-17-10-20(31)21(11-17)36-37(34,35)25-3/h4-9,12,14,17,20-21,25,31,33H,10-11,13H2,1-3H3,(H,26,27,28)/t17-,20+,21-/m1/s1. The molecule has 2 heterocycles. The summed E-state index contributed by atoms with van der Waals surface area (Å²) in [6.45, 7) is 3.84. The number of nitrogens with zero attached hydrogens (tertiary/aromatic N) is 4. The number of carbonyl (C=O) groups excluding carboxylic acids is 1. The van der Waals surface area contributed by atoms with Gasteiger partial charge in [-0.05, 0) is 43.9 Å². The van der Waals surface area contributed by atoms with E-state index in [2.05, 4.69) is 25.1 Å². The van der Waals surface area contributed by atoms with E-state index < -0.39 is 33.9 Å². The highest BCUT2D eigenvalue weighted by Crippen LogP contribution is 2.28. The average Bonchev–Trinajstić information content (AvgIpc) is 3.44. The van der Waals surface area contributed by atoms with Crippen LogP contribution in [0.5, 0.6) is 0 Å². The molecule has 1 saturated carbocycles. The highest BCUT2D eigenvalue weighted by atomic mass is 32.2. The minimum absolute atomic E-state index is 0.193. The van der Waals surface area contributed by atoms with Crippen molar-refractivity contribution in [3.8, 4) is 0 Å². The van der Waals surface area contributed by atoms with E-state index >= 15 is 0 Å². The topological polar surface area (TPSA) is 169 Å². The quantitative estimate of drug-likeness (QED) is 0.277. The van der Waals surface area contributed by atoms with Gasteiger partial charge < -0.3 is 15.5 Å². The van der Waals surface area contributed by atoms with Crippen LogP contribution in [0.1, 0.15) is 53.9 Å². The number of carbonyl (C=O) groups is 1. The molecule has 37 heavy (non-hydrogen) atoms. The first-order valence-corrected chi connectivity index (χ1v) is 13.1. The minimum Gasteiger partial charge on any atom is -0.390 e. The highest BCUT2D eigenvalue weighted by molar-refractivity contribution is 7.84. The first-order valence-electron chi connectivity index (χ1n) is 11.7. The molecule has 12 nitrogen and oxygen atoms in total. The van der Waals surface area contributed by atoms with Crippen LogP contribution in [0.25, 0.3) is 0 Å². The normalized spacial score (nSPS) is 20.2. The average molecular weight is 531 g/mol.